The van der Waals surface area contributed by atoms with Crippen LogP contribution in [0.5, 0.6) is 11.5 Å². The van der Waals surface area contributed by atoms with Crippen LogP contribution in [0.15, 0.2) is 76.2 Å². The molecule has 0 aliphatic carbocycles. The van der Waals surface area contributed by atoms with E-state index >= 15 is 0 Å². The summed E-state index contributed by atoms with van der Waals surface area (Å²) in [5.41, 5.74) is 1.50. The van der Waals surface area contributed by atoms with Gasteiger partial charge in [0.1, 0.15) is 17.3 Å². The van der Waals surface area contributed by atoms with Gasteiger partial charge in [-0.15, -0.1) is 11.8 Å². The molecule has 0 N–H and O–H groups in total. The summed E-state index contributed by atoms with van der Waals surface area (Å²) in [6, 6.07) is 17.7. The summed E-state index contributed by atoms with van der Waals surface area (Å²) in [6.45, 7) is 2.37. The molecule has 2 aromatic carbocycles. The van der Waals surface area contributed by atoms with Gasteiger partial charge in [-0.25, -0.2) is 4.90 Å². The summed E-state index contributed by atoms with van der Waals surface area (Å²) < 4.78 is 16.2. The van der Waals surface area contributed by atoms with E-state index in [-0.39, 0.29) is 11.8 Å². The average molecular weight is 436 g/mol. The number of rotatable bonds is 8. The number of carbonyl (C=O) groups excluding carboxylic acids is 2. The van der Waals surface area contributed by atoms with Crippen molar-refractivity contribution in [1.29, 1.82) is 0 Å². The van der Waals surface area contributed by atoms with E-state index in [1.54, 1.807) is 68.0 Å². The molecule has 2 heterocycles. The Kier molecular flexibility index (Phi) is 6.13. The normalized spacial score (nSPS) is 13.8. The zero-order valence-corrected chi connectivity index (χ0v) is 18.0. The standard InChI is InChI=1S/C24H21NO5S/c1-3-29-19-7-4-6-17(14-19)25-23(26)21(16-9-11-18(28-2)12-10-16)22(24(25)27)31-15-20-8-5-13-30-20/h4-14H,3,15H2,1-2H3. The van der Waals surface area contributed by atoms with Crippen molar-refractivity contribution in [3.63, 3.8) is 0 Å². The van der Waals surface area contributed by atoms with Crippen molar-refractivity contribution in [3.05, 3.63) is 83.2 Å². The third kappa shape index (κ3) is 4.22. The minimum atomic E-state index is -0.370. The van der Waals surface area contributed by atoms with Gasteiger partial charge >= 0.3 is 0 Å². The lowest BCUT2D eigenvalue weighted by atomic mass is 10.1. The van der Waals surface area contributed by atoms with Crippen LogP contribution in [0.1, 0.15) is 18.2 Å². The number of methoxy groups -OCH3 is 1. The molecule has 0 atom stereocenters. The predicted octanol–water partition coefficient (Wildman–Crippen LogP) is 4.90. The van der Waals surface area contributed by atoms with Gasteiger partial charge in [-0.1, -0.05) is 18.2 Å². The first kappa shape index (κ1) is 20.8. The number of nitrogens with zero attached hydrogens (tertiary/aromatic N) is 1. The Bertz CT molecular complexity index is 1120. The summed E-state index contributed by atoms with van der Waals surface area (Å²) >= 11 is 1.29. The molecule has 0 bridgehead atoms. The van der Waals surface area contributed by atoms with Crippen LogP contribution in [0.3, 0.4) is 0 Å². The summed E-state index contributed by atoms with van der Waals surface area (Å²) in [4.78, 5) is 28.4. The second-order valence-corrected chi connectivity index (χ2v) is 7.66. The topological polar surface area (TPSA) is 69.0 Å². The highest BCUT2D eigenvalue weighted by molar-refractivity contribution is 8.03. The van der Waals surface area contributed by atoms with Crippen LogP contribution in [0, 0.1) is 0 Å². The minimum absolute atomic E-state index is 0.360. The van der Waals surface area contributed by atoms with E-state index in [2.05, 4.69) is 0 Å². The van der Waals surface area contributed by atoms with Crippen molar-refractivity contribution >= 4 is 34.8 Å². The van der Waals surface area contributed by atoms with E-state index in [4.69, 9.17) is 13.9 Å². The molecule has 0 unspecified atom stereocenters. The zero-order valence-electron chi connectivity index (χ0n) is 17.2. The molecule has 6 nitrogen and oxygen atoms in total. The molecule has 158 valence electrons. The van der Waals surface area contributed by atoms with E-state index in [0.29, 0.717) is 45.6 Å². The highest BCUT2D eigenvalue weighted by Gasteiger charge is 2.40. The van der Waals surface area contributed by atoms with Gasteiger partial charge in [0, 0.05) is 6.07 Å². The Hall–Kier alpha value is -3.45. The molecule has 31 heavy (non-hydrogen) atoms. The fourth-order valence-corrected chi connectivity index (χ4v) is 4.32. The first-order chi connectivity index (χ1) is 15.1. The molecule has 0 saturated heterocycles. The Morgan fingerprint density at radius 2 is 1.77 bits per heavy atom. The number of furan rings is 1. The first-order valence-electron chi connectivity index (χ1n) is 9.78. The van der Waals surface area contributed by atoms with Crippen molar-refractivity contribution in [2.45, 2.75) is 12.7 Å². The number of carbonyl (C=O) groups is 2. The Morgan fingerprint density at radius 3 is 2.45 bits per heavy atom. The number of imide groups is 1. The molecule has 0 fully saturated rings. The predicted molar refractivity (Wildman–Crippen MR) is 120 cm³/mol. The van der Waals surface area contributed by atoms with Gasteiger partial charge in [0.25, 0.3) is 11.8 Å². The molecule has 3 aromatic rings. The van der Waals surface area contributed by atoms with Crippen LogP contribution >= 0.6 is 11.8 Å². The smallest absolute Gasteiger partial charge is 0.272 e. The number of hydrogen-bond acceptors (Lipinski definition) is 6. The van der Waals surface area contributed by atoms with Crippen LogP contribution in [0.2, 0.25) is 0 Å². The maximum atomic E-state index is 13.5. The molecule has 1 aliphatic rings. The van der Waals surface area contributed by atoms with Crippen molar-refractivity contribution in [2.24, 2.45) is 0 Å². The lowest BCUT2D eigenvalue weighted by Gasteiger charge is -2.16. The minimum Gasteiger partial charge on any atom is -0.497 e. The van der Waals surface area contributed by atoms with Gasteiger partial charge in [-0.3, -0.25) is 9.59 Å². The third-order valence-electron chi connectivity index (χ3n) is 4.75. The zero-order chi connectivity index (χ0) is 21.8. The Morgan fingerprint density at radius 1 is 0.968 bits per heavy atom. The number of thioether (sulfide) groups is 1. The molecule has 1 aliphatic heterocycles. The SMILES string of the molecule is CCOc1cccc(N2C(=O)C(SCc3ccco3)=C(c3ccc(OC)cc3)C2=O)c1. The van der Waals surface area contributed by atoms with Crippen molar-refractivity contribution in [1.82, 2.24) is 0 Å². The molecule has 0 spiro atoms. The molecule has 4 rings (SSSR count). The summed E-state index contributed by atoms with van der Waals surface area (Å²) in [7, 11) is 1.58. The van der Waals surface area contributed by atoms with Gasteiger partial charge in [0.05, 0.1) is 41.9 Å². The van der Waals surface area contributed by atoms with Gasteiger partial charge in [-0.05, 0) is 48.9 Å². The van der Waals surface area contributed by atoms with Crippen LogP contribution < -0.4 is 14.4 Å². The maximum Gasteiger partial charge on any atom is 0.272 e. The van der Waals surface area contributed by atoms with Gasteiger partial charge in [0.2, 0.25) is 0 Å². The third-order valence-corrected chi connectivity index (χ3v) is 5.84. The molecule has 2 amide bonds. The van der Waals surface area contributed by atoms with Crippen LogP contribution in [-0.2, 0) is 15.3 Å². The van der Waals surface area contributed by atoms with Gasteiger partial charge in [0.15, 0.2) is 0 Å². The summed E-state index contributed by atoms with van der Waals surface area (Å²) in [5, 5.41) is 0. The lowest BCUT2D eigenvalue weighted by Crippen LogP contribution is -2.31. The van der Waals surface area contributed by atoms with E-state index in [9.17, 15) is 9.59 Å². The number of benzene rings is 2. The molecule has 1 aromatic heterocycles. The number of hydrogen-bond donors (Lipinski definition) is 0. The fraction of sp³-hybridized carbons (Fsp3) is 0.167. The molecular formula is C24H21NO5S. The quantitative estimate of drug-likeness (QED) is 0.469. The van der Waals surface area contributed by atoms with Crippen molar-refractivity contribution in [2.75, 3.05) is 18.6 Å². The number of amides is 2. The molecule has 0 saturated carbocycles. The summed E-state index contributed by atoms with van der Waals surface area (Å²) in [5.74, 6) is 1.71. The van der Waals surface area contributed by atoms with Gasteiger partial charge in [-0.2, -0.15) is 0 Å². The van der Waals surface area contributed by atoms with Crippen molar-refractivity contribution < 1.29 is 23.5 Å². The second-order valence-electron chi connectivity index (χ2n) is 6.68. The van der Waals surface area contributed by atoms with Gasteiger partial charge < -0.3 is 13.9 Å². The lowest BCUT2D eigenvalue weighted by molar-refractivity contribution is -0.119. The number of anilines is 1. The highest BCUT2D eigenvalue weighted by atomic mass is 32.2. The largest absolute Gasteiger partial charge is 0.497 e. The van der Waals surface area contributed by atoms with Crippen LogP contribution in [-0.4, -0.2) is 25.5 Å². The highest BCUT2D eigenvalue weighted by Crippen LogP contribution is 2.40. The fourth-order valence-electron chi connectivity index (χ4n) is 3.31. The first-order valence-corrected chi connectivity index (χ1v) is 10.8. The monoisotopic (exact) mass is 435 g/mol. The van der Waals surface area contributed by atoms with Crippen LogP contribution in [0.4, 0.5) is 5.69 Å². The average Bonchev–Trinajstić information content (AvgIpc) is 3.39. The van der Waals surface area contributed by atoms with Crippen LogP contribution in [0.25, 0.3) is 5.57 Å². The summed E-state index contributed by atoms with van der Waals surface area (Å²) in [6.07, 6.45) is 1.59. The van der Waals surface area contributed by atoms with Crippen molar-refractivity contribution in [3.8, 4) is 11.5 Å². The van der Waals surface area contributed by atoms with E-state index in [1.807, 2.05) is 13.0 Å². The second kappa shape index (κ2) is 9.14. The van der Waals surface area contributed by atoms with E-state index < -0.39 is 0 Å². The maximum absolute atomic E-state index is 13.5. The molecule has 0 radical (unpaired) electrons. The molecule has 7 heteroatoms. The Labute approximate surface area is 184 Å². The molecular weight excluding hydrogens is 414 g/mol. The Balaban J connectivity index is 1.72. The van der Waals surface area contributed by atoms with E-state index in [1.165, 1.54) is 16.7 Å². The number of ether oxygens (including phenoxy) is 2. The van der Waals surface area contributed by atoms with E-state index in [0.717, 1.165) is 5.76 Å².